The molecular weight excluding hydrogens is 418 g/mol. The molecule has 0 aliphatic heterocycles. The lowest BCUT2D eigenvalue weighted by Gasteiger charge is -2.10. The maximum Gasteiger partial charge on any atom is 0.291 e. The zero-order chi connectivity index (χ0) is 18.1. The summed E-state index contributed by atoms with van der Waals surface area (Å²) in [7, 11) is 0. The van der Waals surface area contributed by atoms with E-state index in [1.807, 2.05) is 37.3 Å². The molecule has 3 aromatic heterocycles. The number of fused-ring (bicyclic) bond motifs is 1. The molecule has 0 spiro atoms. The Bertz CT molecular complexity index is 1110. The molecule has 0 atom stereocenters. The van der Waals surface area contributed by atoms with E-state index in [-0.39, 0.29) is 11.7 Å². The molecular formula is C17H12BrN5O2S. The summed E-state index contributed by atoms with van der Waals surface area (Å²) in [5.74, 6) is 0.449. The molecule has 9 heteroatoms. The van der Waals surface area contributed by atoms with Gasteiger partial charge in [-0.3, -0.25) is 4.79 Å². The van der Waals surface area contributed by atoms with E-state index in [9.17, 15) is 4.79 Å². The van der Waals surface area contributed by atoms with Crippen molar-refractivity contribution < 1.29 is 9.21 Å². The molecule has 0 fully saturated rings. The van der Waals surface area contributed by atoms with Crippen molar-refractivity contribution in [2.24, 2.45) is 0 Å². The summed E-state index contributed by atoms with van der Waals surface area (Å²) in [5, 5.41) is 7.95. The van der Waals surface area contributed by atoms with Gasteiger partial charge in [0.15, 0.2) is 10.4 Å². The van der Waals surface area contributed by atoms with Crippen molar-refractivity contribution in [1.82, 2.24) is 19.6 Å². The molecule has 7 nitrogen and oxygen atoms in total. The summed E-state index contributed by atoms with van der Waals surface area (Å²) >= 11 is 4.67. The summed E-state index contributed by atoms with van der Waals surface area (Å²) in [6, 6.07) is 12.8. The second-order valence-corrected chi connectivity index (χ2v) is 7.21. The fraction of sp³-hybridized carbons (Fsp3) is 0.0588. The highest BCUT2D eigenvalue weighted by atomic mass is 79.9. The van der Waals surface area contributed by atoms with Gasteiger partial charge in [0.1, 0.15) is 11.4 Å². The van der Waals surface area contributed by atoms with Crippen LogP contribution in [0.15, 0.2) is 67.8 Å². The molecule has 1 N–H and O–H groups in total. The number of halogens is 1. The second kappa shape index (κ2) is 6.93. The first-order chi connectivity index (χ1) is 12.6. The molecule has 0 bridgehead atoms. The monoisotopic (exact) mass is 429 g/mol. The molecule has 3 heterocycles. The van der Waals surface area contributed by atoms with Crippen molar-refractivity contribution in [3.05, 3.63) is 64.9 Å². The van der Waals surface area contributed by atoms with E-state index in [1.54, 1.807) is 16.6 Å². The Balaban J connectivity index is 1.65. The van der Waals surface area contributed by atoms with E-state index < -0.39 is 0 Å². The number of anilines is 1. The van der Waals surface area contributed by atoms with Crippen LogP contribution in [0, 0.1) is 6.92 Å². The summed E-state index contributed by atoms with van der Waals surface area (Å²) in [4.78, 5) is 21.7. The Morgan fingerprint density at radius 3 is 2.92 bits per heavy atom. The van der Waals surface area contributed by atoms with E-state index in [0.29, 0.717) is 16.1 Å². The molecule has 26 heavy (non-hydrogen) atoms. The topological polar surface area (TPSA) is 85.3 Å². The molecule has 0 aliphatic carbocycles. The number of furan rings is 1. The van der Waals surface area contributed by atoms with E-state index in [2.05, 4.69) is 36.3 Å². The Labute approximate surface area is 161 Å². The third-order valence-corrected chi connectivity index (χ3v) is 5.00. The molecule has 0 radical (unpaired) electrons. The summed E-state index contributed by atoms with van der Waals surface area (Å²) < 4.78 is 7.48. The smallest absolute Gasteiger partial charge is 0.291 e. The number of carbonyl (C=O) groups is 1. The predicted molar refractivity (Wildman–Crippen MR) is 100 cm³/mol. The average molecular weight is 430 g/mol. The number of amides is 1. The lowest BCUT2D eigenvalue weighted by atomic mass is 10.3. The molecule has 0 unspecified atom stereocenters. The minimum Gasteiger partial charge on any atom is -0.444 e. The number of rotatable bonds is 4. The number of nitrogens with zero attached hydrogens (tertiary/aromatic N) is 4. The molecule has 0 saturated heterocycles. The molecule has 130 valence electrons. The van der Waals surface area contributed by atoms with Crippen LogP contribution in [0.2, 0.25) is 0 Å². The fourth-order valence-electron chi connectivity index (χ4n) is 2.36. The van der Waals surface area contributed by atoms with Crippen LogP contribution in [0.4, 0.5) is 5.69 Å². The van der Waals surface area contributed by atoms with Crippen LogP contribution in [-0.2, 0) is 0 Å². The number of nitrogens with one attached hydrogen (secondary N) is 1. The van der Waals surface area contributed by atoms with E-state index in [4.69, 9.17) is 4.42 Å². The van der Waals surface area contributed by atoms with Crippen molar-refractivity contribution in [2.45, 2.75) is 16.8 Å². The fourth-order valence-corrected chi connectivity index (χ4v) is 3.71. The van der Waals surface area contributed by atoms with Crippen LogP contribution < -0.4 is 5.32 Å². The first-order valence-electron chi connectivity index (χ1n) is 7.61. The number of hydrogen-bond donors (Lipinski definition) is 1. The van der Waals surface area contributed by atoms with Crippen LogP contribution in [0.5, 0.6) is 0 Å². The number of benzene rings is 1. The Kier molecular flexibility index (Phi) is 4.48. The largest absolute Gasteiger partial charge is 0.444 e. The van der Waals surface area contributed by atoms with Gasteiger partial charge in [0.2, 0.25) is 0 Å². The third kappa shape index (κ3) is 3.35. The van der Waals surface area contributed by atoms with E-state index >= 15 is 0 Å². The van der Waals surface area contributed by atoms with Gasteiger partial charge in [-0.15, -0.1) is 0 Å². The molecule has 0 aliphatic rings. The van der Waals surface area contributed by atoms with Gasteiger partial charge in [-0.25, -0.2) is 4.98 Å². The van der Waals surface area contributed by atoms with Crippen molar-refractivity contribution in [2.75, 3.05) is 5.32 Å². The van der Waals surface area contributed by atoms with Crippen LogP contribution in [-0.4, -0.2) is 25.5 Å². The molecule has 1 amide bonds. The normalized spacial score (nSPS) is 11.0. The van der Waals surface area contributed by atoms with Crippen LogP contribution in [0.3, 0.4) is 0 Å². The highest BCUT2D eigenvalue weighted by Gasteiger charge is 2.15. The van der Waals surface area contributed by atoms with Crippen LogP contribution in [0.25, 0.3) is 5.78 Å². The SMILES string of the molecule is Cc1cc(Sc2ccccc2NC(=O)c2ccc(Br)o2)n2ncnc2n1. The Hall–Kier alpha value is -2.65. The second-order valence-electron chi connectivity index (χ2n) is 5.36. The summed E-state index contributed by atoms with van der Waals surface area (Å²) in [6.07, 6.45) is 1.47. The van der Waals surface area contributed by atoms with Crippen molar-refractivity contribution in [3.63, 3.8) is 0 Å². The van der Waals surface area contributed by atoms with Gasteiger partial charge in [0.05, 0.1) is 5.69 Å². The first-order valence-corrected chi connectivity index (χ1v) is 9.22. The minimum atomic E-state index is -0.319. The maximum atomic E-state index is 12.4. The number of carbonyl (C=O) groups excluding carboxylic acids is 1. The van der Waals surface area contributed by atoms with E-state index in [0.717, 1.165) is 15.6 Å². The van der Waals surface area contributed by atoms with Gasteiger partial charge in [0.25, 0.3) is 11.7 Å². The van der Waals surface area contributed by atoms with Crippen LogP contribution >= 0.6 is 27.7 Å². The van der Waals surface area contributed by atoms with Gasteiger partial charge in [-0.05, 0) is 53.2 Å². The number of para-hydroxylation sites is 1. The van der Waals surface area contributed by atoms with Gasteiger partial charge < -0.3 is 9.73 Å². The number of aromatic nitrogens is 4. The van der Waals surface area contributed by atoms with Crippen molar-refractivity contribution in [3.8, 4) is 0 Å². The molecule has 1 aromatic carbocycles. The highest BCUT2D eigenvalue weighted by Crippen LogP contribution is 2.33. The maximum absolute atomic E-state index is 12.4. The number of aryl methyl sites for hydroxylation is 1. The van der Waals surface area contributed by atoms with Gasteiger partial charge in [-0.1, -0.05) is 23.9 Å². The van der Waals surface area contributed by atoms with Crippen molar-refractivity contribution >= 4 is 45.1 Å². The quantitative estimate of drug-likeness (QED) is 0.489. The summed E-state index contributed by atoms with van der Waals surface area (Å²) in [6.45, 7) is 1.90. The van der Waals surface area contributed by atoms with Gasteiger partial charge in [-0.2, -0.15) is 14.6 Å². The Morgan fingerprint density at radius 2 is 2.12 bits per heavy atom. The minimum absolute atomic E-state index is 0.232. The zero-order valence-corrected chi connectivity index (χ0v) is 15.9. The molecule has 4 aromatic rings. The lowest BCUT2D eigenvalue weighted by Crippen LogP contribution is -2.11. The standard InChI is InChI=1S/C17H12BrN5O2S/c1-10-8-15(23-17(21-10)19-9-20-23)26-13-5-3-2-4-11(13)22-16(24)12-6-7-14(18)25-12/h2-9H,1H3,(H,22,24). The van der Waals surface area contributed by atoms with Gasteiger partial charge in [0, 0.05) is 10.6 Å². The van der Waals surface area contributed by atoms with Crippen LogP contribution in [0.1, 0.15) is 16.2 Å². The zero-order valence-electron chi connectivity index (χ0n) is 13.5. The first kappa shape index (κ1) is 16.8. The predicted octanol–water partition coefficient (Wildman–Crippen LogP) is 4.19. The third-order valence-electron chi connectivity index (χ3n) is 3.49. The molecule has 4 rings (SSSR count). The summed E-state index contributed by atoms with van der Waals surface area (Å²) in [5.41, 5.74) is 1.52. The lowest BCUT2D eigenvalue weighted by molar-refractivity contribution is 0.0995. The Morgan fingerprint density at radius 1 is 1.27 bits per heavy atom. The molecule has 0 saturated carbocycles. The van der Waals surface area contributed by atoms with Gasteiger partial charge >= 0.3 is 0 Å². The van der Waals surface area contributed by atoms with Crippen molar-refractivity contribution in [1.29, 1.82) is 0 Å². The number of hydrogen-bond acceptors (Lipinski definition) is 6. The average Bonchev–Trinajstić information content (AvgIpc) is 3.25. The highest BCUT2D eigenvalue weighted by molar-refractivity contribution is 9.10. The van der Waals surface area contributed by atoms with E-state index in [1.165, 1.54) is 18.1 Å².